The van der Waals surface area contributed by atoms with E-state index in [1.54, 1.807) is 50.5 Å². The first kappa shape index (κ1) is 45.3. The molecule has 4 atom stereocenters. The molecule has 2 unspecified atom stereocenters. The van der Waals surface area contributed by atoms with Gasteiger partial charge in [-0.15, -0.1) is 20.4 Å². The predicted molar refractivity (Wildman–Crippen MR) is 216 cm³/mol. The fraction of sp³-hybridized carbons (Fsp3) is 0.229. The Morgan fingerprint density at radius 3 is 1.68 bits per heavy atom. The van der Waals surface area contributed by atoms with Crippen LogP contribution in [0.2, 0.25) is 0 Å². The first-order chi connectivity index (χ1) is 30.8. The standard InChI is InChI=1S/C35H32F2N11O14P3/c1-45-41-32(39-43-45)21-5-3-20(4-6-21)27-10-8-23(13-29(27)36)47-16-25(59-34(47)49)18-57-64(54,55)62-65(56,61-63(51,52)53)58-19-26-17-48(35(50)60-26)24-9-11-28(30(37)14-24)22-7-12-31(38-15-22)33-40-44-46(2)42-33/h3-15,25-26H,16-19H2,1-2H3,(H,54,55)(H2,51,52,53)/t25-,26-,65?/m1/s1. The van der Waals surface area contributed by atoms with Gasteiger partial charge < -0.3 is 24.2 Å². The number of amides is 2. The fourth-order valence-electron chi connectivity index (χ4n) is 6.41. The van der Waals surface area contributed by atoms with Gasteiger partial charge in [0.15, 0.2) is 0 Å². The van der Waals surface area contributed by atoms with Crippen molar-refractivity contribution < 1.29 is 73.9 Å². The van der Waals surface area contributed by atoms with E-state index in [4.69, 9.17) is 18.5 Å². The van der Waals surface area contributed by atoms with Gasteiger partial charge in [-0.3, -0.25) is 23.8 Å². The molecule has 65 heavy (non-hydrogen) atoms. The monoisotopic (exact) mass is 961 g/mol. The number of nitrogens with zero attached hydrogens (tertiary/aromatic N) is 11. The van der Waals surface area contributed by atoms with E-state index in [1.807, 2.05) is 0 Å². The summed E-state index contributed by atoms with van der Waals surface area (Å²) in [6.07, 6.45) is -3.30. The summed E-state index contributed by atoms with van der Waals surface area (Å²) in [5, 5.41) is 23.5. The van der Waals surface area contributed by atoms with Gasteiger partial charge in [0.1, 0.15) is 29.5 Å². The van der Waals surface area contributed by atoms with Gasteiger partial charge in [0.25, 0.3) is 0 Å². The second kappa shape index (κ2) is 18.0. The summed E-state index contributed by atoms with van der Waals surface area (Å²) in [6, 6.07) is 17.5. The number of carbonyl (C=O) groups excluding carboxylic acids is 2. The van der Waals surface area contributed by atoms with Gasteiger partial charge in [0, 0.05) is 28.5 Å². The van der Waals surface area contributed by atoms with Crippen LogP contribution < -0.4 is 9.80 Å². The Hall–Kier alpha value is -6.24. The smallest absolute Gasteiger partial charge is 0.441 e. The molecule has 2 aliphatic rings. The lowest BCUT2D eigenvalue weighted by Gasteiger charge is -2.21. The summed E-state index contributed by atoms with van der Waals surface area (Å²) < 4.78 is 97.3. The molecule has 30 heteroatoms. The highest BCUT2D eigenvalue weighted by Gasteiger charge is 2.46. The van der Waals surface area contributed by atoms with Crippen molar-refractivity contribution in [3.63, 3.8) is 0 Å². The molecule has 8 rings (SSSR count). The van der Waals surface area contributed by atoms with E-state index in [0.717, 1.165) is 21.9 Å². The molecule has 2 amide bonds. The summed E-state index contributed by atoms with van der Waals surface area (Å²) in [6.45, 7) is -2.64. The van der Waals surface area contributed by atoms with Crippen LogP contribution in [0, 0.1) is 11.6 Å². The number of tetrazole rings is 2. The summed E-state index contributed by atoms with van der Waals surface area (Å²) >= 11 is 0. The quantitative estimate of drug-likeness (QED) is 0.110. The van der Waals surface area contributed by atoms with Gasteiger partial charge in [-0.1, -0.05) is 30.3 Å². The molecule has 6 aromatic rings. The van der Waals surface area contributed by atoms with E-state index in [2.05, 4.69) is 44.4 Å². The lowest BCUT2D eigenvalue weighted by Crippen LogP contribution is -2.26. The average molecular weight is 962 g/mol. The number of phosphoric ester groups is 1. The number of anilines is 2. The van der Waals surface area contributed by atoms with Gasteiger partial charge in [-0.2, -0.15) is 18.2 Å². The normalized spacial score (nSPS) is 18.4. The molecule has 0 spiro atoms. The van der Waals surface area contributed by atoms with Crippen LogP contribution in [-0.2, 0) is 54.9 Å². The number of aromatic nitrogens is 9. The average Bonchev–Trinajstić information content (AvgIpc) is 4.06. The molecule has 0 radical (unpaired) electrons. The number of benzene rings is 3. The zero-order chi connectivity index (χ0) is 46.3. The van der Waals surface area contributed by atoms with Crippen LogP contribution in [0.15, 0.2) is 79.0 Å². The number of cyclic esters (lactones) is 2. The van der Waals surface area contributed by atoms with Crippen molar-refractivity contribution >= 4 is 47.0 Å². The molecule has 0 bridgehead atoms. The molecule has 25 nitrogen and oxygen atoms in total. The van der Waals surface area contributed by atoms with Crippen molar-refractivity contribution in [1.29, 1.82) is 0 Å². The second-order valence-electron chi connectivity index (χ2n) is 13.9. The predicted octanol–water partition coefficient (Wildman–Crippen LogP) is 4.79. The molecular formula is C35H32F2N11O14P3. The topological polar surface area (TPSA) is 308 Å². The van der Waals surface area contributed by atoms with Crippen LogP contribution in [0.1, 0.15) is 0 Å². The molecule has 340 valence electrons. The Morgan fingerprint density at radius 2 is 1.18 bits per heavy atom. The Kier molecular flexibility index (Phi) is 12.5. The molecule has 3 aromatic heterocycles. The zero-order valence-electron chi connectivity index (χ0n) is 33.3. The van der Waals surface area contributed by atoms with Crippen molar-refractivity contribution in [2.24, 2.45) is 14.1 Å². The van der Waals surface area contributed by atoms with E-state index in [-0.39, 0.29) is 34.9 Å². The minimum atomic E-state index is -5.78. The number of hydrogen-bond donors (Lipinski definition) is 3. The number of ether oxygens (including phenoxy) is 2. The minimum Gasteiger partial charge on any atom is -0.441 e. The maximum absolute atomic E-state index is 15.3. The first-order valence-corrected chi connectivity index (χ1v) is 23.1. The number of halogens is 2. The zero-order valence-corrected chi connectivity index (χ0v) is 36.0. The number of hydrogen-bond acceptors (Lipinski definition) is 18. The highest BCUT2D eigenvalue weighted by molar-refractivity contribution is 7.67. The highest BCUT2D eigenvalue weighted by atomic mass is 31.3. The molecule has 5 heterocycles. The third kappa shape index (κ3) is 10.7. The van der Waals surface area contributed by atoms with Crippen molar-refractivity contribution in [3.8, 4) is 45.2 Å². The summed E-state index contributed by atoms with van der Waals surface area (Å²) in [7, 11) is -14.0. The molecule has 3 aromatic carbocycles. The lowest BCUT2D eigenvalue weighted by atomic mass is 10.0. The van der Waals surface area contributed by atoms with Gasteiger partial charge in [0.2, 0.25) is 11.6 Å². The lowest BCUT2D eigenvalue weighted by molar-refractivity contribution is 0.0724. The summed E-state index contributed by atoms with van der Waals surface area (Å²) in [5.41, 5.74) is 2.31. The third-order valence-electron chi connectivity index (χ3n) is 9.30. The van der Waals surface area contributed by atoms with Gasteiger partial charge in [-0.25, -0.2) is 32.1 Å². The maximum Gasteiger partial charge on any atom is 0.492 e. The van der Waals surface area contributed by atoms with Crippen LogP contribution >= 0.6 is 23.5 Å². The molecule has 2 saturated heterocycles. The van der Waals surface area contributed by atoms with Crippen LogP contribution in [0.4, 0.5) is 29.7 Å². The maximum atomic E-state index is 15.3. The Labute approximate surface area is 363 Å². The number of rotatable bonds is 16. The van der Waals surface area contributed by atoms with Crippen LogP contribution in [0.5, 0.6) is 0 Å². The molecule has 3 N–H and O–H groups in total. The van der Waals surface area contributed by atoms with Crippen LogP contribution in [-0.4, -0.2) is 111 Å². The van der Waals surface area contributed by atoms with Crippen molar-refractivity contribution in [3.05, 3.63) is 90.6 Å². The largest absolute Gasteiger partial charge is 0.492 e. The number of phosphoric acid groups is 3. The second-order valence-corrected chi connectivity index (χ2v) is 18.6. The van der Waals surface area contributed by atoms with E-state index >= 15 is 8.78 Å². The Morgan fingerprint density at radius 1 is 0.677 bits per heavy atom. The van der Waals surface area contributed by atoms with E-state index < -0.39 is 79.3 Å². The molecule has 2 fully saturated rings. The number of pyridine rings is 1. The van der Waals surface area contributed by atoms with Gasteiger partial charge in [0.05, 0.1) is 51.8 Å². The van der Waals surface area contributed by atoms with E-state index in [0.29, 0.717) is 28.2 Å². The Balaban J connectivity index is 0.857. The Bertz CT molecular complexity index is 2920. The fourth-order valence-corrected chi connectivity index (χ4v) is 10.1. The minimum absolute atomic E-state index is 0.0130. The highest BCUT2D eigenvalue weighted by Crippen LogP contribution is 2.69. The SMILES string of the molecule is Cn1nnc(-c2ccc(-c3ccc(N4C[C@H](COP(=O)(O)OP(=O)(OC[C@H]5CN(c6ccc(-c7ccc(-c8nnn(C)n8)nc7)c(F)c6)C(=O)O5)OP(=O)(O)O)OC4=O)cc3F)cc2)n1. The third-order valence-corrected chi connectivity index (χ3v) is 13.5. The van der Waals surface area contributed by atoms with E-state index in [9.17, 15) is 38.0 Å². The number of aryl methyl sites for hydroxylation is 2. The molecular weight excluding hydrogens is 929 g/mol. The molecule has 0 aliphatic carbocycles. The van der Waals surface area contributed by atoms with E-state index in [1.165, 1.54) is 40.1 Å². The van der Waals surface area contributed by atoms with Gasteiger partial charge >= 0.3 is 35.7 Å². The number of carbonyl (C=O) groups is 2. The van der Waals surface area contributed by atoms with Crippen molar-refractivity contribution in [2.75, 3.05) is 36.1 Å². The van der Waals surface area contributed by atoms with Crippen molar-refractivity contribution in [2.45, 2.75) is 12.2 Å². The van der Waals surface area contributed by atoms with Gasteiger partial charge in [-0.05, 0) is 58.5 Å². The first-order valence-electron chi connectivity index (χ1n) is 18.6. The van der Waals surface area contributed by atoms with Crippen LogP contribution in [0.3, 0.4) is 0 Å². The summed E-state index contributed by atoms with van der Waals surface area (Å²) in [5.74, 6) is -0.824. The molecule has 2 aliphatic heterocycles. The summed E-state index contributed by atoms with van der Waals surface area (Å²) in [4.78, 5) is 63.5. The molecule has 0 saturated carbocycles. The van der Waals surface area contributed by atoms with Crippen molar-refractivity contribution in [1.82, 2.24) is 45.4 Å². The van der Waals surface area contributed by atoms with Crippen LogP contribution in [0.25, 0.3) is 45.2 Å².